The monoisotopic (exact) mass is 222 g/mol. The number of ether oxygens (including phenoxy) is 2. The van der Waals surface area contributed by atoms with Crippen molar-refractivity contribution >= 4 is 17.5 Å². The number of cyclic esters (lactones) is 1. The van der Waals surface area contributed by atoms with Gasteiger partial charge in [0.25, 0.3) is 0 Å². The Morgan fingerprint density at radius 2 is 2.25 bits per heavy atom. The van der Waals surface area contributed by atoms with E-state index in [1.54, 1.807) is 26.3 Å². The van der Waals surface area contributed by atoms with Crippen LogP contribution >= 0.6 is 0 Å². The highest BCUT2D eigenvalue weighted by molar-refractivity contribution is 5.90. The standard InChI is InChI=1S/C11H14N2O3/c1-13-10-6-7(15-2)5-9(12)8(10)3-4-16-11(13)14/h5-6H,3-4,12H2,1-2H3. The Kier molecular flexibility index (Phi) is 2.60. The highest BCUT2D eigenvalue weighted by atomic mass is 16.6. The van der Waals surface area contributed by atoms with E-state index in [9.17, 15) is 4.79 Å². The highest BCUT2D eigenvalue weighted by Crippen LogP contribution is 2.33. The summed E-state index contributed by atoms with van der Waals surface area (Å²) in [6.07, 6.45) is 0.257. The molecule has 1 aromatic rings. The van der Waals surface area contributed by atoms with E-state index in [4.69, 9.17) is 15.2 Å². The summed E-state index contributed by atoms with van der Waals surface area (Å²) >= 11 is 0. The van der Waals surface area contributed by atoms with Crippen molar-refractivity contribution in [3.8, 4) is 5.75 Å². The SMILES string of the molecule is COc1cc(N)c2c(c1)N(C)C(=O)OCC2. The average molecular weight is 222 g/mol. The minimum absolute atomic E-state index is 0.354. The van der Waals surface area contributed by atoms with Gasteiger partial charge in [-0.15, -0.1) is 0 Å². The van der Waals surface area contributed by atoms with Crippen molar-refractivity contribution < 1.29 is 14.3 Å². The van der Waals surface area contributed by atoms with Crippen LogP contribution in [-0.2, 0) is 11.2 Å². The van der Waals surface area contributed by atoms with Gasteiger partial charge in [-0.25, -0.2) is 4.79 Å². The quantitative estimate of drug-likeness (QED) is 0.729. The average Bonchev–Trinajstić information content (AvgIpc) is 2.41. The Labute approximate surface area is 93.7 Å². The Hall–Kier alpha value is -1.91. The molecule has 0 aromatic heterocycles. The van der Waals surface area contributed by atoms with Crippen LogP contribution in [0.3, 0.4) is 0 Å². The second-order valence-corrected chi connectivity index (χ2v) is 3.64. The number of carbonyl (C=O) groups excluding carboxylic acids is 1. The van der Waals surface area contributed by atoms with E-state index in [1.807, 2.05) is 0 Å². The van der Waals surface area contributed by atoms with E-state index in [2.05, 4.69) is 0 Å². The first-order valence-electron chi connectivity index (χ1n) is 5.00. The summed E-state index contributed by atoms with van der Waals surface area (Å²) < 4.78 is 10.1. The first-order valence-corrected chi connectivity index (χ1v) is 5.00. The van der Waals surface area contributed by atoms with Gasteiger partial charge in [-0.3, -0.25) is 4.90 Å². The van der Waals surface area contributed by atoms with E-state index in [1.165, 1.54) is 4.90 Å². The molecular weight excluding hydrogens is 208 g/mol. The van der Waals surface area contributed by atoms with Gasteiger partial charge < -0.3 is 15.2 Å². The van der Waals surface area contributed by atoms with E-state index in [-0.39, 0.29) is 6.09 Å². The number of benzene rings is 1. The lowest BCUT2D eigenvalue weighted by atomic mass is 10.1. The second kappa shape index (κ2) is 3.92. The number of nitrogens with two attached hydrogens (primary N) is 1. The summed E-state index contributed by atoms with van der Waals surface area (Å²) in [7, 11) is 3.22. The maximum absolute atomic E-state index is 11.5. The molecule has 0 aliphatic carbocycles. The van der Waals surface area contributed by atoms with Crippen LogP contribution < -0.4 is 15.4 Å². The number of nitrogens with zero attached hydrogens (tertiary/aromatic N) is 1. The largest absolute Gasteiger partial charge is 0.497 e. The lowest BCUT2D eigenvalue weighted by Crippen LogP contribution is -2.25. The normalized spacial score (nSPS) is 15.1. The van der Waals surface area contributed by atoms with E-state index in [0.29, 0.717) is 24.5 Å². The molecule has 16 heavy (non-hydrogen) atoms. The summed E-state index contributed by atoms with van der Waals surface area (Å²) in [5.41, 5.74) is 8.22. The molecule has 0 atom stereocenters. The number of hydrogen-bond acceptors (Lipinski definition) is 4. The number of nitrogen functional groups attached to an aromatic ring is 1. The Morgan fingerprint density at radius 3 is 2.94 bits per heavy atom. The van der Waals surface area contributed by atoms with Crippen molar-refractivity contribution in [2.75, 3.05) is 31.4 Å². The van der Waals surface area contributed by atoms with E-state index >= 15 is 0 Å². The molecule has 5 heteroatoms. The summed E-state index contributed by atoms with van der Waals surface area (Å²) in [6.45, 7) is 0.354. The second-order valence-electron chi connectivity index (χ2n) is 3.64. The first-order chi connectivity index (χ1) is 7.63. The van der Waals surface area contributed by atoms with Crippen LogP contribution in [0, 0.1) is 0 Å². The van der Waals surface area contributed by atoms with Gasteiger partial charge in [0, 0.05) is 36.9 Å². The van der Waals surface area contributed by atoms with Gasteiger partial charge in [0.05, 0.1) is 19.4 Å². The van der Waals surface area contributed by atoms with Crippen LogP contribution in [-0.4, -0.2) is 26.9 Å². The third kappa shape index (κ3) is 1.64. The topological polar surface area (TPSA) is 64.8 Å². The Bertz CT molecular complexity index is 431. The molecule has 1 aromatic carbocycles. The van der Waals surface area contributed by atoms with Crippen LogP contribution in [0.2, 0.25) is 0 Å². The van der Waals surface area contributed by atoms with Crippen molar-refractivity contribution in [2.24, 2.45) is 0 Å². The molecule has 1 heterocycles. The number of fused-ring (bicyclic) bond motifs is 1. The van der Waals surface area contributed by atoms with Crippen molar-refractivity contribution in [1.29, 1.82) is 0 Å². The highest BCUT2D eigenvalue weighted by Gasteiger charge is 2.22. The maximum atomic E-state index is 11.5. The van der Waals surface area contributed by atoms with Gasteiger partial charge in [-0.2, -0.15) is 0 Å². The minimum atomic E-state index is -0.369. The number of methoxy groups -OCH3 is 1. The molecule has 86 valence electrons. The van der Waals surface area contributed by atoms with Crippen molar-refractivity contribution in [1.82, 2.24) is 0 Å². The molecule has 1 aliphatic heterocycles. The van der Waals surface area contributed by atoms with Gasteiger partial charge in [0.1, 0.15) is 5.75 Å². The fraction of sp³-hybridized carbons (Fsp3) is 0.364. The van der Waals surface area contributed by atoms with Gasteiger partial charge in [-0.05, 0) is 0 Å². The van der Waals surface area contributed by atoms with Crippen LogP contribution in [0.4, 0.5) is 16.2 Å². The van der Waals surface area contributed by atoms with Gasteiger partial charge in [0.2, 0.25) is 0 Å². The molecule has 0 saturated heterocycles. The number of amides is 1. The zero-order valence-electron chi connectivity index (χ0n) is 9.32. The first kappa shape index (κ1) is 10.6. The van der Waals surface area contributed by atoms with Crippen LogP contribution in [0.25, 0.3) is 0 Å². The summed E-state index contributed by atoms with van der Waals surface area (Å²) in [5.74, 6) is 0.637. The number of hydrogen-bond donors (Lipinski definition) is 1. The number of carbonyl (C=O) groups is 1. The van der Waals surface area contributed by atoms with Crippen molar-refractivity contribution in [3.63, 3.8) is 0 Å². The molecule has 5 nitrogen and oxygen atoms in total. The van der Waals surface area contributed by atoms with Crippen molar-refractivity contribution in [2.45, 2.75) is 6.42 Å². The van der Waals surface area contributed by atoms with E-state index < -0.39 is 0 Å². The molecule has 0 unspecified atom stereocenters. The summed E-state index contributed by atoms with van der Waals surface area (Å²) in [5, 5.41) is 0. The minimum Gasteiger partial charge on any atom is -0.497 e. The molecule has 2 N–H and O–H groups in total. The van der Waals surface area contributed by atoms with Crippen molar-refractivity contribution in [3.05, 3.63) is 17.7 Å². The molecule has 0 spiro atoms. The molecule has 1 aliphatic rings. The third-order valence-corrected chi connectivity index (χ3v) is 2.68. The third-order valence-electron chi connectivity index (χ3n) is 2.68. The maximum Gasteiger partial charge on any atom is 0.414 e. The van der Waals surface area contributed by atoms with Crippen LogP contribution in [0.1, 0.15) is 5.56 Å². The predicted molar refractivity (Wildman–Crippen MR) is 60.9 cm³/mol. The Morgan fingerprint density at radius 1 is 1.50 bits per heavy atom. The van der Waals surface area contributed by atoms with Gasteiger partial charge in [0.15, 0.2) is 0 Å². The lowest BCUT2D eigenvalue weighted by Gasteiger charge is -2.18. The molecule has 0 radical (unpaired) electrons. The molecule has 0 fully saturated rings. The molecule has 0 bridgehead atoms. The summed E-state index contributed by atoms with van der Waals surface area (Å²) in [4.78, 5) is 13.0. The van der Waals surface area contributed by atoms with Crippen LogP contribution in [0.5, 0.6) is 5.75 Å². The molecule has 0 saturated carbocycles. The molecule has 1 amide bonds. The van der Waals surface area contributed by atoms with Crippen LogP contribution in [0.15, 0.2) is 12.1 Å². The zero-order valence-corrected chi connectivity index (χ0v) is 9.32. The van der Waals surface area contributed by atoms with Gasteiger partial charge in [-0.1, -0.05) is 0 Å². The van der Waals surface area contributed by atoms with Gasteiger partial charge >= 0.3 is 6.09 Å². The predicted octanol–water partition coefficient (Wildman–Crippen LogP) is 1.41. The zero-order chi connectivity index (χ0) is 11.7. The van der Waals surface area contributed by atoms with E-state index in [0.717, 1.165) is 11.3 Å². The molecular formula is C11H14N2O3. The lowest BCUT2D eigenvalue weighted by molar-refractivity contribution is 0.159. The number of rotatable bonds is 1. The smallest absolute Gasteiger partial charge is 0.414 e. The fourth-order valence-electron chi connectivity index (χ4n) is 1.78. The fourth-order valence-corrected chi connectivity index (χ4v) is 1.78. The number of anilines is 2. The summed E-state index contributed by atoms with van der Waals surface area (Å²) in [6, 6.07) is 3.54. The molecule has 2 rings (SSSR count). The Balaban J connectivity index is 2.55.